The number of benzene rings is 1. The lowest BCUT2D eigenvalue weighted by Crippen LogP contribution is -2.31. The van der Waals surface area contributed by atoms with Crippen LogP contribution in [0.15, 0.2) is 33.7 Å². The summed E-state index contributed by atoms with van der Waals surface area (Å²) in [6.07, 6.45) is 5.63. The normalized spacial score (nSPS) is 21.9. The van der Waals surface area contributed by atoms with Gasteiger partial charge in [-0.05, 0) is 49.9 Å². The molecule has 2 aromatic rings. The second-order valence-corrected chi connectivity index (χ2v) is 7.78. The van der Waals surface area contributed by atoms with Gasteiger partial charge >= 0.3 is 0 Å². The SMILES string of the molecule is CS(=O)c1ccc(C(=O)N2CCCC2c2noc(C3CC3)n2)cc1. The molecule has 4 rings (SSSR count). The molecule has 2 atom stereocenters. The molecule has 2 aliphatic rings. The summed E-state index contributed by atoms with van der Waals surface area (Å²) in [6.45, 7) is 0.693. The molecule has 1 aliphatic heterocycles. The zero-order chi connectivity index (χ0) is 16.7. The van der Waals surface area contributed by atoms with Gasteiger partial charge in [0.15, 0.2) is 5.82 Å². The van der Waals surface area contributed by atoms with Crippen molar-refractivity contribution in [1.29, 1.82) is 0 Å². The maximum absolute atomic E-state index is 12.8. The van der Waals surface area contributed by atoms with Crippen LogP contribution in [0, 0.1) is 0 Å². The molecule has 0 bridgehead atoms. The molecule has 1 aromatic heterocycles. The van der Waals surface area contributed by atoms with E-state index in [1.165, 1.54) is 0 Å². The van der Waals surface area contributed by atoms with E-state index in [2.05, 4.69) is 10.1 Å². The molecule has 1 saturated carbocycles. The molecule has 7 heteroatoms. The molecule has 24 heavy (non-hydrogen) atoms. The molecule has 126 valence electrons. The molecule has 2 fully saturated rings. The van der Waals surface area contributed by atoms with Crippen LogP contribution in [-0.4, -0.2) is 38.0 Å². The Labute approximate surface area is 142 Å². The van der Waals surface area contributed by atoms with Crippen molar-refractivity contribution in [3.8, 4) is 0 Å². The van der Waals surface area contributed by atoms with Crippen LogP contribution in [0.5, 0.6) is 0 Å². The van der Waals surface area contributed by atoms with Crippen LogP contribution in [-0.2, 0) is 10.8 Å². The van der Waals surface area contributed by atoms with Gasteiger partial charge in [-0.25, -0.2) is 0 Å². The highest BCUT2D eigenvalue weighted by Crippen LogP contribution is 2.40. The van der Waals surface area contributed by atoms with E-state index in [4.69, 9.17) is 4.52 Å². The van der Waals surface area contributed by atoms with Gasteiger partial charge in [0, 0.05) is 40.0 Å². The van der Waals surface area contributed by atoms with Crippen molar-refractivity contribution in [2.75, 3.05) is 12.8 Å². The summed E-state index contributed by atoms with van der Waals surface area (Å²) < 4.78 is 16.8. The smallest absolute Gasteiger partial charge is 0.254 e. The Morgan fingerprint density at radius 1 is 1.25 bits per heavy atom. The van der Waals surface area contributed by atoms with Gasteiger partial charge in [-0.2, -0.15) is 4.98 Å². The molecule has 2 heterocycles. The third-order valence-corrected chi connectivity index (χ3v) is 5.56. The van der Waals surface area contributed by atoms with E-state index in [-0.39, 0.29) is 11.9 Å². The minimum Gasteiger partial charge on any atom is -0.339 e. The van der Waals surface area contributed by atoms with Crippen molar-refractivity contribution < 1.29 is 13.5 Å². The first kappa shape index (κ1) is 15.5. The van der Waals surface area contributed by atoms with Crippen LogP contribution < -0.4 is 0 Å². The Balaban J connectivity index is 1.54. The monoisotopic (exact) mass is 345 g/mol. The Hall–Kier alpha value is -2.02. The van der Waals surface area contributed by atoms with E-state index in [0.29, 0.717) is 29.7 Å². The van der Waals surface area contributed by atoms with Crippen molar-refractivity contribution in [3.05, 3.63) is 41.5 Å². The fourth-order valence-corrected chi connectivity index (χ4v) is 3.63. The van der Waals surface area contributed by atoms with E-state index < -0.39 is 10.8 Å². The van der Waals surface area contributed by atoms with Gasteiger partial charge < -0.3 is 9.42 Å². The molecule has 1 amide bonds. The number of hydrogen-bond acceptors (Lipinski definition) is 5. The van der Waals surface area contributed by atoms with E-state index in [1.54, 1.807) is 30.5 Å². The number of carbonyl (C=O) groups is 1. The summed E-state index contributed by atoms with van der Waals surface area (Å²) in [5.41, 5.74) is 0.599. The van der Waals surface area contributed by atoms with Gasteiger partial charge in [0.05, 0.1) is 6.04 Å². The van der Waals surface area contributed by atoms with Crippen LogP contribution >= 0.6 is 0 Å². The molecular weight excluding hydrogens is 326 g/mol. The Bertz CT molecular complexity index is 783. The number of rotatable bonds is 4. The predicted octanol–water partition coefficient (Wildman–Crippen LogP) is 2.66. The first-order valence-corrected chi connectivity index (χ1v) is 9.77. The number of likely N-dealkylation sites (tertiary alicyclic amines) is 1. The second-order valence-electron chi connectivity index (χ2n) is 6.40. The lowest BCUT2D eigenvalue weighted by Gasteiger charge is -2.22. The topological polar surface area (TPSA) is 76.3 Å². The lowest BCUT2D eigenvalue weighted by atomic mass is 10.1. The Morgan fingerprint density at radius 3 is 2.67 bits per heavy atom. The van der Waals surface area contributed by atoms with Gasteiger partial charge in [-0.1, -0.05) is 5.16 Å². The summed E-state index contributed by atoms with van der Waals surface area (Å²) in [5.74, 6) is 1.70. The number of amides is 1. The second kappa shape index (κ2) is 6.12. The van der Waals surface area contributed by atoms with Gasteiger partial charge in [-0.3, -0.25) is 9.00 Å². The molecule has 1 aromatic carbocycles. The fourth-order valence-electron chi connectivity index (χ4n) is 3.11. The summed E-state index contributed by atoms with van der Waals surface area (Å²) in [7, 11) is -1.04. The largest absolute Gasteiger partial charge is 0.339 e. The maximum Gasteiger partial charge on any atom is 0.254 e. The standard InChI is InChI=1S/C17H19N3O3S/c1-24(22)13-8-6-12(7-9-13)17(21)20-10-2-3-14(20)15-18-16(23-19-15)11-4-5-11/h6-9,11,14H,2-5,10H2,1H3. The van der Waals surface area contributed by atoms with Crippen molar-refractivity contribution in [1.82, 2.24) is 15.0 Å². The number of nitrogens with zero attached hydrogens (tertiary/aromatic N) is 3. The van der Waals surface area contributed by atoms with Crippen LogP contribution in [0.1, 0.15) is 59.7 Å². The highest BCUT2D eigenvalue weighted by atomic mass is 32.2. The molecule has 6 nitrogen and oxygen atoms in total. The summed E-state index contributed by atoms with van der Waals surface area (Å²) in [6, 6.07) is 6.84. The average Bonchev–Trinajstić information content (AvgIpc) is 3.12. The van der Waals surface area contributed by atoms with E-state index >= 15 is 0 Å². The number of hydrogen-bond donors (Lipinski definition) is 0. The average molecular weight is 345 g/mol. The lowest BCUT2D eigenvalue weighted by molar-refractivity contribution is 0.0728. The Kier molecular flexibility index (Phi) is 3.96. The van der Waals surface area contributed by atoms with E-state index in [9.17, 15) is 9.00 Å². The predicted molar refractivity (Wildman–Crippen MR) is 88.1 cm³/mol. The van der Waals surface area contributed by atoms with Crippen LogP contribution in [0.4, 0.5) is 0 Å². The molecular formula is C17H19N3O3S. The number of aromatic nitrogens is 2. The summed E-state index contributed by atoms with van der Waals surface area (Å²) in [4.78, 5) is 19.9. The fraction of sp³-hybridized carbons (Fsp3) is 0.471. The molecule has 1 saturated heterocycles. The van der Waals surface area contributed by atoms with Crippen molar-refractivity contribution >= 4 is 16.7 Å². The van der Waals surface area contributed by atoms with E-state index in [0.717, 1.165) is 30.6 Å². The van der Waals surface area contributed by atoms with Gasteiger partial charge in [0.25, 0.3) is 5.91 Å². The Morgan fingerprint density at radius 2 is 2.00 bits per heavy atom. The molecule has 1 aliphatic carbocycles. The minimum atomic E-state index is -1.04. The summed E-state index contributed by atoms with van der Waals surface area (Å²) >= 11 is 0. The first-order valence-electron chi connectivity index (χ1n) is 8.21. The third kappa shape index (κ3) is 2.88. The highest BCUT2D eigenvalue weighted by Gasteiger charge is 2.36. The first-order chi connectivity index (χ1) is 11.6. The van der Waals surface area contributed by atoms with Crippen LogP contribution in [0.25, 0.3) is 0 Å². The zero-order valence-electron chi connectivity index (χ0n) is 13.5. The minimum absolute atomic E-state index is 0.0382. The van der Waals surface area contributed by atoms with Crippen molar-refractivity contribution in [2.45, 2.75) is 42.5 Å². The highest BCUT2D eigenvalue weighted by molar-refractivity contribution is 7.84. The van der Waals surface area contributed by atoms with Gasteiger partial charge in [-0.15, -0.1) is 0 Å². The molecule has 0 spiro atoms. The quantitative estimate of drug-likeness (QED) is 0.851. The number of carbonyl (C=O) groups excluding carboxylic acids is 1. The van der Waals surface area contributed by atoms with Crippen LogP contribution in [0.3, 0.4) is 0 Å². The summed E-state index contributed by atoms with van der Waals surface area (Å²) in [5, 5.41) is 4.10. The van der Waals surface area contributed by atoms with Crippen molar-refractivity contribution in [3.63, 3.8) is 0 Å². The van der Waals surface area contributed by atoms with Crippen molar-refractivity contribution in [2.24, 2.45) is 0 Å². The third-order valence-electron chi connectivity index (χ3n) is 4.63. The van der Waals surface area contributed by atoms with Gasteiger partial charge in [0.1, 0.15) is 0 Å². The molecule has 2 unspecified atom stereocenters. The van der Waals surface area contributed by atoms with Gasteiger partial charge in [0.2, 0.25) is 5.89 Å². The van der Waals surface area contributed by atoms with E-state index in [1.807, 2.05) is 4.90 Å². The molecule has 0 radical (unpaired) electrons. The molecule has 0 N–H and O–H groups in total. The maximum atomic E-state index is 12.8. The zero-order valence-corrected chi connectivity index (χ0v) is 14.3. The van der Waals surface area contributed by atoms with Crippen LogP contribution in [0.2, 0.25) is 0 Å².